The summed E-state index contributed by atoms with van der Waals surface area (Å²) in [4.78, 5) is 12.5. The van der Waals surface area contributed by atoms with Crippen molar-refractivity contribution < 1.29 is 47.4 Å². The Morgan fingerprint density at radius 2 is 1.02 bits per heavy atom. The van der Waals surface area contributed by atoms with Crippen molar-refractivity contribution in [1.29, 1.82) is 0 Å². The molecule has 0 amide bonds. The van der Waals surface area contributed by atoms with Gasteiger partial charge in [0.25, 0.3) is 0 Å². The van der Waals surface area contributed by atoms with E-state index in [2.05, 4.69) is 0 Å². The van der Waals surface area contributed by atoms with Crippen LogP contribution >= 0.6 is 0 Å². The van der Waals surface area contributed by atoms with Crippen molar-refractivity contribution in [3.63, 3.8) is 0 Å². The summed E-state index contributed by atoms with van der Waals surface area (Å²) in [5.74, 6) is -0.416. The molecular weight excluding hydrogens is 640 g/mol. The van der Waals surface area contributed by atoms with Gasteiger partial charge in [-0.05, 0) is 28.8 Å². The van der Waals surface area contributed by atoms with Crippen LogP contribution in [0.25, 0.3) is 0 Å². The van der Waals surface area contributed by atoms with Crippen molar-refractivity contribution in [3.8, 4) is 0 Å². The number of benzene rings is 4. The van der Waals surface area contributed by atoms with Gasteiger partial charge < -0.3 is 42.6 Å². The van der Waals surface area contributed by atoms with Gasteiger partial charge in [0.1, 0.15) is 49.3 Å². The number of epoxide rings is 1. The Balaban J connectivity index is 1.06. The molecule has 0 saturated carbocycles. The Bertz CT molecular complexity index is 1610. The molecule has 3 heterocycles. The lowest BCUT2D eigenvalue weighted by atomic mass is 9.97. The minimum atomic E-state index is -0.774. The van der Waals surface area contributed by atoms with Crippen molar-refractivity contribution in [2.45, 2.75) is 75.1 Å². The Kier molecular flexibility index (Phi) is 11.6. The monoisotopic (exact) mass is 682 g/mol. The van der Waals surface area contributed by atoms with Gasteiger partial charge in [-0.1, -0.05) is 109 Å². The lowest BCUT2D eigenvalue weighted by Crippen LogP contribution is -2.61. The maximum absolute atomic E-state index is 12.5. The van der Waals surface area contributed by atoms with Crippen molar-refractivity contribution in [2.75, 3.05) is 20.3 Å². The van der Waals surface area contributed by atoms with Crippen LogP contribution in [0, 0.1) is 0 Å². The van der Waals surface area contributed by atoms with Crippen LogP contribution in [0.4, 0.5) is 0 Å². The number of rotatable bonds is 16. The van der Waals surface area contributed by atoms with Crippen molar-refractivity contribution in [3.05, 3.63) is 144 Å². The van der Waals surface area contributed by atoms with Crippen molar-refractivity contribution in [1.82, 2.24) is 0 Å². The van der Waals surface area contributed by atoms with Gasteiger partial charge >= 0.3 is 5.97 Å². The summed E-state index contributed by atoms with van der Waals surface area (Å²) >= 11 is 0. The lowest BCUT2D eigenvalue weighted by molar-refractivity contribution is -0.328. The molecule has 0 aliphatic carbocycles. The van der Waals surface area contributed by atoms with Crippen LogP contribution < -0.4 is 0 Å². The minimum absolute atomic E-state index is 0.0546. The van der Waals surface area contributed by atoms with Gasteiger partial charge in [-0.3, -0.25) is 0 Å². The molecule has 0 radical (unpaired) electrons. The molecule has 3 fully saturated rings. The van der Waals surface area contributed by atoms with Gasteiger partial charge in [-0.15, -0.1) is 0 Å². The van der Waals surface area contributed by atoms with E-state index in [9.17, 15) is 4.79 Å². The molecule has 0 aromatic heterocycles. The molecule has 3 aliphatic heterocycles. The third-order valence-electron chi connectivity index (χ3n) is 9.00. The molecule has 4 aromatic rings. The first kappa shape index (κ1) is 34.5. The SMILES string of the molecule is CO[C@H]1O[C@H](COC2O[C@H](COC(=O)c3ccccc3)[C@H]3O[C@@H]23)[C@@H](OCc2ccccc2)[C@H](OCc2ccccc2)[C@@H]1OCc1ccccc1. The molecule has 3 saturated heterocycles. The molecule has 9 atom stereocenters. The van der Waals surface area contributed by atoms with E-state index in [1.54, 1.807) is 31.4 Å². The average Bonchev–Trinajstić information content (AvgIpc) is 3.90. The highest BCUT2D eigenvalue weighted by Gasteiger charge is 2.60. The van der Waals surface area contributed by atoms with Gasteiger partial charge in [0.2, 0.25) is 0 Å². The van der Waals surface area contributed by atoms with E-state index in [1.165, 1.54) is 0 Å². The van der Waals surface area contributed by atoms with Crippen LogP contribution in [0.5, 0.6) is 0 Å². The number of ether oxygens (including phenoxy) is 9. The predicted octanol–water partition coefficient (Wildman–Crippen LogP) is 5.48. The summed E-state index contributed by atoms with van der Waals surface area (Å²) in [7, 11) is 1.59. The zero-order valence-electron chi connectivity index (χ0n) is 27.9. The maximum Gasteiger partial charge on any atom is 0.338 e. The third kappa shape index (κ3) is 8.66. The fourth-order valence-electron chi connectivity index (χ4n) is 6.32. The number of fused-ring (bicyclic) bond motifs is 1. The second-order valence-electron chi connectivity index (χ2n) is 12.5. The Labute approximate surface area is 292 Å². The van der Waals surface area contributed by atoms with Crippen LogP contribution in [-0.2, 0) is 62.5 Å². The van der Waals surface area contributed by atoms with Crippen LogP contribution in [0.3, 0.4) is 0 Å². The first-order valence-electron chi connectivity index (χ1n) is 17.0. The van der Waals surface area contributed by atoms with Crippen molar-refractivity contribution in [2.24, 2.45) is 0 Å². The van der Waals surface area contributed by atoms with Gasteiger partial charge in [0, 0.05) is 7.11 Å². The van der Waals surface area contributed by atoms with E-state index < -0.39 is 49.1 Å². The lowest BCUT2D eigenvalue weighted by Gasteiger charge is -2.45. The number of methoxy groups -OCH3 is 1. The number of carbonyl (C=O) groups excluding carboxylic acids is 1. The van der Waals surface area contributed by atoms with Crippen LogP contribution in [0.1, 0.15) is 27.0 Å². The van der Waals surface area contributed by atoms with Gasteiger partial charge in [0.15, 0.2) is 12.6 Å². The topological polar surface area (TPSA) is 103 Å². The number of carbonyl (C=O) groups is 1. The van der Waals surface area contributed by atoms with Crippen LogP contribution in [-0.4, -0.2) is 81.6 Å². The largest absolute Gasteiger partial charge is 0.459 e. The smallest absolute Gasteiger partial charge is 0.338 e. The molecule has 0 N–H and O–H groups in total. The van der Waals surface area contributed by atoms with Gasteiger partial charge in [-0.2, -0.15) is 0 Å². The highest BCUT2D eigenvalue weighted by molar-refractivity contribution is 5.89. The second-order valence-corrected chi connectivity index (χ2v) is 12.5. The predicted molar refractivity (Wildman–Crippen MR) is 181 cm³/mol. The summed E-state index contributed by atoms with van der Waals surface area (Å²) in [6, 6.07) is 38.7. The van der Waals surface area contributed by atoms with E-state index in [-0.39, 0.29) is 25.4 Å². The molecule has 0 spiro atoms. The molecule has 4 aromatic carbocycles. The second kappa shape index (κ2) is 16.8. The molecule has 262 valence electrons. The molecule has 10 heteroatoms. The summed E-state index contributed by atoms with van der Waals surface area (Å²) in [5, 5.41) is 0. The fraction of sp³-hybridized carbons (Fsp3) is 0.375. The van der Waals surface area contributed by atoms with E-state index >= 15 is 0 Å². The van der Waals surface area contributed by atoms with E-state index in [0.29, 0.717) is 25.4 Å². The molecule has 50 heavy (non-hydrogen) atoms. The van der Waals surface area contributed by atoms with Crippen LogP contribution in [0.2, 0.25) is 0 Å². The summed E-state index contributed by atoms with van der Waals surface area (Å²) in [6.45, 7) is 1.14. The highest BCUT2D eigenvalue weighted by atomic mass is 16.8. The zero-order chi connectivity index (χ0) is 34.1. The Morgan fingerprint density at radius 3 is 1.58 bits per heavy atom. The normalized spacial score (nSPS) is 28.5. The number of hydrogen-bond donors (Lipinski definition) is 0. The quantitative estimate of drug-likeness (QED) is 0.112. The molecule has 10 nitrogen and oxygen atoms in total. The number of esters is 1. The van der Waals surface area contributed by atoms with E-state index in [0.717, 1.165) is 16.7 Å². The molecule has 0 bridgehead atoms. The fourth-order valence-corrected chi connectivity index (χ4v) is 6.32. The van der Waals surface area contributed by atoms with Gasteiger partial charge in [-0.25, -0.2) is 4.79 Å². The van der Waals surface area contributed by atoms with E-state index in [4.69, 9.17) is 42.6 Å². The third-order valence-corrected chi connectivity index (χ3v) is 9.00. The minimum Gasteiger partial charge on any atom is -0.459 e. The summed E-state index contributed by atoms with van der Waals surface area (Å²) in [5.41, 5.74) is 3.51. The molecule has 3 aliphatic rings. The van der Waals surface area contributed by atoms with Gasteiger partial charge in [0.05, 0.1) is 32.0 Å². The summed E-state index contributed by atoms with van der Waals surface area (Å²) in [6.07, 6.45) is -4.81. The standard InChI is InChI=1S/C40H42O10/c1-42-39-36(45-24-29-18-10-4-11-19-29)35(44-23-28-16-8-3-9-17-28)33(43-22-27-14-6-2-7-15-27)31(48-39)26-47-40-37-34(50-37)32(49-40)25-46-38(41)30-20-12-5-13-21-30/h2-21,31-37,39-40H,22-26H2,1H3/t31-,32-,33-,34-,35+,36+,37-,39+,40?/m1/s1. The maximum atomic E-state index is 12.5. The molecular formula is C40H42O10. The molecule has 7 rings (SSSR count). The first-order chi connectivity index (χ1) is 24.7. The Morgan fingerprint density at radius 1 is 0.520 bits per heavy atom. The first-order valence-corrected chi connectivity index (χ1v) is 17.0. The highest BCUT2D eigenvalue weighted by Crippen LogP contribution is 2.40. The van der Waals surface area contributed by atoms with Crippen LogP contribution in [0.15, 0.2) is 121 Å². The zero-order valence-corrected chi connectivity index (χ0v) is 27.9. The molecule has 1 unspecified atom stereocenters. The van der Waals surface area contributed by atoms with E-state index in [1.807, 2.05) is 97.1 Å². The average molecular weight is 683 g/mol. The summed E-state index contributed by atoms with van der Waals surface area (Å²) < 4.78 is 56.1. The Hall–Kier alpha value is -3.97. The van der Waals surface area contributed by atoms with Crippen molar-refractivity contribution >= 4 is 5.97 Å². The number of hydrogen-bond acceptors (Lipinski definition) is 10.